The topological polar surface area (TPSA) is 79.8 Å². The first-order chi connectivity index (χ1) is 8.10. The minimum atomic E-state index is -0.263. The first-order valence-electron chi connectivity index (χ1n) is 5.69. The molecule has 0 radical (unpaired) electrons. The molecule has 0 aromatic carbocycles. The van der Waals surface area contributed by atoms with Gasteiger partial charge in [0.05, 0.1) is 5.25 Å². The number of thioether (sulfide) groups is 1. The first-order valence-corrected chi connectivity index (χ1v) is 6.57. The first kappa shape index (κ1) is 13.8. The molecule has 17 heavy (non-hydrogen) atoms. The Morgan fingerprint density at radius 2 is 2.29 bits per heavy atom. The number of hydrogen-bond acceptors (Lipinski definition) is 4. The fraction of sp³-hybridized carbons (Fsp3) is 0.700. The number of carbonyl (C=O) groups is 1. The Hall–Kier alpha value is -1.24. The van der Waals surface area contributed by atoms with Gasteiger partial charge < -0.3 is 5.32 Å². The van der Waals surface area contributed by atoms with Crippen molar-refractivity contribution in [2.45, 2.75) is 44.1 Å². The molecular weight excluding hydrogens is 240 g/mol. The van der Waals surface area contributed by atoms with Crippen molar-refractivity contribution in [2.24, 2.45) is 0 Å². The average molecular weight is 258 g/mol. The Bertz CT molecular complexity index is 426. The highest BCUT2D eigenvalue weighted by Crippen LogP contribution is 2.19. The molecule has 1 rings (SSSR count). The van der Waals surface area contributed by atoms with Gasteiger partial charge in [0.15, 0.2) is 5.16 Å². The summed E-state index contributed by atoms with van der Waals surface area (Å²) in [5.41, 5.74) is -0.225. The summed E-state index contributed by atoms with van der Waals surface area (Å²) in [6.45, 7) is 6.87. The van der Waals surface area contributed by atoms with Gasteiger partial charge in [-0.1, -0.05) is 18.7 Å². The zero-order chi connectivity index (χ0) is 12.8. The minimum Gasteiger partial charge on any atom is -0.355 e. The molecule has 1 amide bonds. The minimum absolute atomic E-state index is 0.0454. The van der Waals surface area contributed by atoms with E-state index in [0.29, 0.717) is 18.2 Å². The number of nitrogens with zero attached hydrogens (tertiary/aromatic N) is 2. The maximum absolute atomic E-state index is 11.6. The van der Waals surface area contributed by atoms with E-state index in [4.69, 9.17) is 0 Å². The molecule has 6 nitrogen and oxygen atoms in total. The van der Waals surface area contributed by atoms with Gasteiger partial charge in [0.1, 0.15) is 0 Å². The fourth-order valence-corrected chi connectivity index (χ4v) is 2.25. The molecule has 0 spiro atoms. The lowest BCUT2D eigenvalue weighted by Crippen LogP contribution is -2.31. The summed E-state index contributed by atoms with van der Waals surface area (Å²) in [5.74, 6) is -0.0454. The van der Waals surface area contributed by atoms with Crippen LogP contribution in [0.25, 0.3) is 0 Å². The molecule has 0 aliphatic carbocycles. The highest BCUT2D eigenvalue weighted by atomic mass is 32.2. The number of rotatable bonds is 6. The molecule has 0 saturated heterocycles. The normalized spacial score (nSPS) is 12.4. The van der Waals surface area contributed by atoms with Gasteiger partial charge in [0.2, 0.25) is 5.91 Å². The van der Waals surface area contributed by atoms with Gasteiger partial charge in [-0.25, -0.2) is 9.89 Å². The van der Waals surface area contributed by atoms with Crippen LogP contribution in [0.1, 0.15) is 27.2 Å². The van der Waals surface area contributed by atoms with Crippen molar-refractivity contribution < 1.29 is 4.79 Å². The van der Waals surface area contributed by atoms with Crippen LogP contribution in [0.3, 0.4) is 0 Å². The number of amides is 1. The summed E-state index contributed by atoms with van der Waals surface area (Å²) < 4.78 is 1.56. The van der Waals surface area contributed by atoms with Crippen LogP contribution in [-0.2, 0) is 11.3 Å². The van der Waals surface area contributed by atoms with E-state index in [2.05, 4.69) is 15.5 Å². The van der Waals surface area contributed by atoms with Gasteiger partial charge in [-0.2, -0.15) is 0 Å². The molecule has 0 bridgehead atoms. The van der Waals surface area contributed by atoms with Gasteiger partial charge in [-0.3, -0.25) is 9.36 Å². The Balaban J connectivity index is 2.74. The van der Waals surface area contributed by atoms with Crippen molar-refractivity contribution in [3.63, 3.8) is 0 Å². The molecule has 0 saturated carbocycles. The second kappa shape index (κ2) is 6.48. The summed E-state index contributed by atoms with van der Waals surface area (Å²) in [6.07, 6.45) is 0.850. The van der Waals surface area contributed by atoms with E-state index in [1.165, 1.54) is 11.8 Å². The molecule has 1 heterocycles. The van der Waals surface area contributed by atoms with Crippen molar-refractivity contribution in [3.05, 3.63) is 10.5 Å². The lowest BCUT2D eigenvalue weighted by Gasteiger charge is -2.10. The van der Waals surface area contributed by atoms with Gasteiger partial charge in [0.25, 0.3) is 0 Å². The lowest BCUT2D eigenvalue weighted by atomic mass is 10.4. The quantitative estimate of drug-likeness (QED) is 0.732. The second-order valence-electron chi connectivity index (χ2n) is 3.62. The Morgan fingerprint density at radius 1 is 1.59 bits per heavy atom. The van der Waals surface area contributed by atoms with Gasteiger partial charge in [0, 0.05) is 13.1 Å². The maximum atomic E-state index is 11.6. The number of aromatic nitrogens is 3. The molecule has 1 aromatic rings. The third-order valence-corrected chi connectivity index (χ3v) is 3.26. The molecule has 1 aromatic heterocycles. The molecule has 0 unspecified atom stereocenters. The number of nitrogens with one attached hydrogen (secondary N) is 2. The van der Waals surface area contributed by atoms with Crippen LogP contribution in [0.15, 0.2) is 9.95 Å². The van der Waals surface area contributed by atoms with Crippen molar-refractivity contribution in [1.82, 2.24) is 20.1 Å². The Labute approximate surface area is 104 Å². The van der Waals surface area contributed by atoms with Crippen LogP contribution in [0.4, 0.5) is 0 Å². The van der Waals surface area contributed by atoms with Gasteiger partial charge >= 0.3 is 5.69 Å². The molecular formula is C10H18N4O2S. The number of carbonyl (C=O) groups excluding carboxylic acids is 1. The average Bonchev–Trinajstić information content (AvgIpc) is 2.62. The van der Waals surface area contributed by atoms with Crippen LogP contribution in [-0.4, -0.2) is 32.5 Å². The van der Waals surface area contributed by atoms with Crippen LogP contribution in [0.5, 0.6) is 0 Å². The largest absolute Gasteiger partial charge is 0.355 e. The molecule has 1 atom stereocenters. The highest BCUT2D eigenvalue weighted by Gasteiger charge is 2.17. The SMILES string of the molecule is CCCn1c(S[C@H](C)C(=O)NCC)n[nH]c1=O. The third-order valence-electron chi connectivity index (χ3n) is 2.17. The molecule has 2 N–H and O–H groups in total. The molecule has 7 heteroatoms. The van der Waals surface area contributed by atoms with Crippen molar-refractivity contribution in [2.75, 3.05) is 6.54 Å². The summed E-state index contributed by atoms with van der Waals surface area (Å²) in [6, 6.07) is 0. The predicted octanol–water partition coefficient (Wildman–Crippen LogP) is 0.598. The zero-order valence-electron chi connectivity index (χ0n) is 10.3. The predicted molar refractivity (Wildman–Crippen MR) is 67.1 cm³/mol. The zero-order valence-corrected chi connectivity index (χ0v) is 11.1. The van der Waals surface area contributed by atoms with E-state index in [-0.39, 0.29) is 16.8 Å². The standard InChI is InChI=1S/C10H18N4O2S/c1-4-6-14-9(16)12-13-10(14)17-7(3)8(15)11-5-2/h7H,4-6H2,1-3H3,(H,11,15)(H,12,16)/t7-/m1/s1. The number of hydrogen-bond donors (Lipinski definition) is 2. The van der Waals surface area contributed by atoms with E-state index in [1.54, 1.807) is 11.5 Å². The maximum Gasteiger partial charge on any atom is 0.343 e. The summed E-state index contributed by atoms with van der Waals surface area (Å²) in [4.78, 5) is 23.0. The molecule has 0 aliphatic heterocycles. The fourth-order valence-electron chi connectivity index (χ4n) is 1.34. The summed E-state index contributed by atoms with van der Waals surface area (Å²) in [7, 11) is 0. The van der Waals surface area contributed by atoms with Gasteiger partial charge in [-0.05, 0) is 20.3 Å². The van der Waals surface area contributed by atoms with E-state index in [9.17, 15) is 9.59 Å². The van der Waals surface area contributed by atoms with Crippen LogP contribution < -0.4 is 11.0 Å². The second-order valence-corrected chi connectivity index (χ2v) is 4.93. The smallest absolute Gasteiger partial charge is 0.343 e. The highest BCUT2D eigenvalue weighted by molar-refractivity contribution is 8.00. The van der Waals surface area contributed by atoms with E-state index in [1.807, 2.05) is 13.8 Å². The van der Waals surface area contributed by atoms with E-state index >= 15 is 0 Å². The van der Waals surface area contributed by atoms with E-state index < -0.39 is 0 Å². The Kier molecular flexibility index (Phi) is 5.27. The molecule has 0 fully saturated rings. The van der Waals surface area contributed by atoms with Crippen molar-refractivity contribution in [3.8, 4) is 0 Å². The van der Waals surface area contributed by atoms with Crippen LogP contribution in [0.2, 0.25) is 0 Å². The molecule has 96 valence electrons. The summed E-state index contributed by atoms with van der Waals surface area (Å²) >= 11 is 1.29. The van der Waals surface area contributed by atoms with Gasteiger partial charge in [-0.15, -0.1) is 5.10 Å². The Morgan fingerprint density at radius 3 is 2.88 bits per heavy atom. The van der Waals surface area contributed by atoms with E-state index in [0.717, 1.165) is 6.42 Å². The third kappa shape index (κ3) is 3.62. The number of H-pyrrole nitrogens is 1. The number of aromatic amines is 1. The monoisotopic (exact) mass is 258 g/mol. The van der Waals surface area contributed by atoms with Crippen LogP contribution >= 0.6 is 11.8 Å². The molecule has 0 aliphatic rings. The lowest BCUT2D eigenvalue weighted by molar-refractivity contribution is -0.120. The van der Waals surface area contributed by atoms with Crippen LogP contribution in [0, 0.1) is 0 Å². The van der Waals surface area contributed by atoms with Crippen molar-refractivity contribution >= 4 is 17.7 Å². The summed E-state index contributed by atoms with van der Waals surface area (Å²) in [5, 5.41) is 9.37. The van der Waals surface area contributed by atoms with Crippen molar-refractivity contribution in [1.29, 1.82) is 0 Å².